The molecule has 2 aromatic rings. The van der Waals surface area contributed by atoms with Crippen LogP contribution in [0, 0.1) is 21.4 Å². The number of aryl methyl sites for hydroxylation is 1. The molecular formula is C17H12ClN3O5S. The highest BCUT2D eigenvalue weighted by molar-refractivity contribution is 7.16. The van der Waals surface area contributed by atoms with E-state index in [0.717, 1.165) is 35.8 Å². The molecule has 0 bridgehead atoms. The highest BCUT2D eigenvalue weighted by atomic mass is 35.5. The molecule has 8 nitrogen and oxygen atoms in total. The van der Waals surface area contributed by atoms with E-state index in [1.807, 2.05) is 0 Å². The zero-order chi connectivity index (χ0) is 19.6. The molecule has 3 rings (SSSR count). The van der Waals surface area contributed by atoms with Gasteiger partial charge in [-0.25, -0.2) is 4.79 Å². The Bertz CT molecular complexity index is 995. The Kier molecular flexibility index (Phi) is 5.39. The van der Waals surface area contributed by atoms with Crippen LogP contribution in [0.15, 0.2) is 18.2 Å². The number of anilines is 1. The molecule has 0 saturated carbocycles. The average molecular weight is 406 g/mol. The quantitative estimate of drug-likeness (QED) is 0.461. The molecule has 0 atom stereocenters. The third-order valence-electron chi connectivity index (χ3n) is 4.00. The molecule has 138 valence electrons. The number of carbonyl (C=O) groups is 2. The molecule has 0 saturated heterocycles. The predicted molar refractivity (Wildman–Crippen MR) is 98.1 cm³/mol. The van der Waals surface area contributed by atoms with Crippen molar-refractivity contribution in [3.8, 4) is 6.07 Å². The van der Waals surface area contributed by atoms with Crippen LogP contribution in [-0.4, -0.2) is 23.4 Å². The monoisotopic (exact) mass is 405 g/mol. The first-order chi connectivity index (χ1) is 12.9. The Morgan fingerprint density at radius 3 is 2.89 bits per heavy atom. The number of thiophene rings is 1. The Hall–Kier alpha value is -2.96. The number of carbonyl (C=O) groups excluding carboxylic acids is 2. The Morgan fingerprint density at radius 2 is 2.19 bits per heavy atom. The van der Waals surface area contributed by atoms with E-state index in [-0.39, 0.29) is 10.6 Å². The highest BCUT2D eigenvalue weighted by Gasteiger charge is 2.23. The number of rotatable bonds is 5. The molecule has 1 amide bonds. The molecule has 1 aromatic heterocycles. The standard InChI is InChI=1S/C17H12ClN3O5S/c18-12-5-4-9(6-13(12)21(24)25)17(23)26-8-15(22)20-16-11(7-19)10-2-1-3-14(10)27-16/h4-6H,1-3,8H2,(H,20,22). The van der Waals surface area contributed by atoms with Crippen LogP contribution in [0.25, 0.3) is 0 Å². The first kappa shape index (κ1) is 18.8. The Labute approximate surface area is 162 Å². The van der Waals surface area contributed by atoms with E-state index in [0.29, 0.717) is 10.6 Å². The summed E-state index contributed by atoms with van der Waals surface area (Å²) in [6, 6.07) is 5.57. The maximum atomic E-state index is 12.1. The number of nitrogens with one attached hydrogen (secondary N) is 1. The lowest BCUT2D eigenvalue weighted by atomic mass is 10.1. The number of nitro benzene ring substituents is 1. The number of hydrogen-bond acceptors (Lipinski definition) is 7. The lowest BCUT2D eigenvalue weighted by Crippen LogP contribution is -2.21. The second kappa shape index (κ2) is 7.73. The van der Waals surface area contributed by atoms with Gasteiger partial charge < -0.3 is 10.1 Å². The zero-order valence-corrected chi connectivity index (χ0v) is 15.4. The molecule has 1 heterocycles. The molecule has 0 unspecified atom stereocenters. The van der Waals surface area contributed by atoms with Crippen LogP contribution in [0.2, 0.25) is 5.02 Å². The number of halogens is 1. The maximum absolute atomic E-state index is 12.1. The van der Waals surface area contributed by atoms with Gasteiger partial charge in [-0.1, -0.05) is 11.6 Å². The first-order valence-corrected chi connectivity index (χ1v) is 9.05. The second-order valence-corrected chi connectivity index (χ2v) is 7.23. The van der Waals surface area contributed by atoms with Gasteiger partial charge in [0.15, 0.2) is 6.61 Å². The molecule has 10 heteroatoms. The minimum atomic E-state index is -0.890. The lowest BCUT2D eigenvalue weighted by Gasteiger charge is -2.06. The number of ether oxygens (including phenoxy) is 1. The number of hydrogen-bond donors (Lipinski definition) is 1. The van der Waals surface area contributed by atoms with Gasteiger partial charge in [0.1, 0.15) is 16.1 Å². The Morgan fingerprint density at radius 1 is 1.41 bits per heavy atom. The van der Waals surface area contributed by atoms with Gasteiger partial charge in [-0.05, 0) is 37.0 Å². The summed E-state index contributed by atoms with van der Waals surface area (Å²) in [4.78, 5) is 35.3. The topological polar surface area (TPSA) is 122 Å². The van der Waals surface area contributed by atoms with E-state index in [1.54, 1.807) is 0 Å². The molecule has 0 aliphatic heterocycles. The summed E-state index contributed by atoms with van der Waals surface area (Å²) in [5, 5.41) is 23.1. The fourth-order valence-electron chi connectivity index (χ4n) is 2.77. The van der Waals surface area contributed by atoms with Gasteiger partial charge in [-0.3, -0.25) is 14.9 Å². The van der Waals surface area contributed by atoms with Crippen molar-refractivity contribution in [1.82, 2.24) is 0 Å². The second-order valence-electron chi connectivity index (χ2n) is 5.72. The summed E-state index contributed by atoms with van der Waals surface area (Å²) in [6.45, 7) is -0.581. The van der Waals surface area contributed by atoms with E-state index in [4.69, 9.17) is 16.3 Å². The van der Waals surface area contributed by atoms with Crippen molar-refractivity contribution in [3.63, 3.8) is 0 Å². The third kappa shape index (κ3) is 3.92. The fraction of sp³-hybridized carbons (Fsp3) is 0.235. The highest BCUT2D eigenvalue weighted by Crippen LogP contribution is 2.38. The number of nitrogens with zero attached hydrogens (tertiary/aromatic N) is 2. The summed E-state index contributed by atoms with van der Waals surface area (Å²) >= 11 is 7.04. The summed E-state index contributed by atoms with van der Waals surface area (Å²) in [5.74, 6) is -1.48. The van der Waals surface area contributed by atoms with Gasteiger partial charge in [0, 0.05) is 10.9 Å². The molecule has 1 aliphatic rings. The number of fused-ring (bicyclic) bond motifs is 1. The molecular weight excluding hydrogens is 394 g/mol. The fourth-order valence-corrected chi connectivity index (χ4v) is 4.21. The van der Waals surface area contributed by atoms with Crippen LogP contribution in [0.4, 0.5) is 10.7 Å². The van der Waals surface area contributed by atoms with Crippen LogP contribution in [0.5, 0.6) is 0 Å². The van der Waals surface area contributed by atoms with E-state index in [9.17, 15) is 25.0 Å². The van der Waals surface area contributed by atoms with Crippen molar-refractivity contribution < 1.29 is 19.2 Å². The largest absolute Gasteiger partial charge is 0.452 e. The van der Waals surface area contributed by atoms with E-state index >= 15 is 0 Å². The minimum absolute atomic E-state index is 0.0910. The Balaban J connectivity index is 1.63. The van der Waals surface area contributed by atoms with Crippen LogP contribution < -0.4 is 5.32 Å². The van der Waals surface area contributed by atoms with Gasteiger partial charge in [0.2, 0.25) is 0 Å². The number of esters is 1. The van der Waals surface area contributed by atoms with Gasteiger partial charge >= 0.3 is 5.97 Å². The molecule has 1 N–H and O–H groups in total. The van der Waals surface area contributed by atoms with Crippen LogP contribution in [-0.2, 0) is 22.4 Å². The normalized spacial score (nSPS) is 12.1. The average Bonchev–Trinajstić information content (AvgIpc) is 3.20. The van der Waals surface area contributed by atoms with Crippen molar-refractivity contribution in [2.24, 2.45) is 0 Å². The smallest absolute Gasteiger partial charge is 0.338 e. The minimum Gasteiger partial charge on any atom is -0.452 e. The molecule has 0 radical (unpaired) electrons. The number of amides is 1. The summed E-state index contributed by atoms with van der Waals surface area (Å²) in [5.41, 5.74) is 0.915. The van der Waals surface area contributed by atoms with Gasteiger partial charge in [-0.15, -0.1) is 11.3 Å². The predicted octanol–water partition coefficient (Wildman–Crippen LogP) is 3.47. The van der Waals surface area contributed by atoms with Gasteiger partial charge in [0.05, 0.1) is 16.1 Å². The zero-order valence-electron chi connectivity index (χ0n) is 13.8. The molecule has 0 fully saturated rings. The van der Waals surface area contributed by atoms with Crippen LogP contribution in [0.1, 0.15) is 32.8 Å². The van der Waals surface area contributed by atoms with E-state index < -0.39 is 29.1 Å². The lowest BCUT2D eigenvalue weighted by molar-refractivity contribution is -0.384. The molecule has 1 aliphatic carbocycles. The maximum Gasteiger partial charge on any atom is 0.338 e. The summed E-state index contributed by atoms with van der Waals surface area (Å²) in [6.07, 6.45) is 2.69. The first-order valence-electron chi connectivity index (χ1n) is 7.86. The van der Waals surface area contributed by atoms with Gasteiger partial charge in [-0.2, -0.15) is 5.26 Å². The van der Waals surface area contributed by atoms with Crippen molar-refractivity contribution in [2.45, 2.75) is 19.3 Å². The summed E-state index contributed by atoms with van der Waals surface area (Å²) in [7, 11) is 0. The van der Waals surface area contributed by atoms with Crippen molar-refractivity contribution in [1.29, 1.82) is 5.26 Å². The number of nitriles is 1. The number of nitro groups is 1. The van der Waals surface area contributed by atoms with Crippen molar-refractivity contribution in [3.05, 3.63) is 54.9 Å². The van der Waals surface area contributed by atoms with Crippen molar-refractivity contribution >= 4 is 45.5 Å². The van der Waals surface area contributed by atoms with Gasteiger partial charge in [0.25, 0.3) is 11.6 Å². The summed E-state index contributed by atoms with van der Waals surface area (Å²) < 4.78 is 4.89. The number of benzene rings is 1. The van der Waals surface area contributed by atoms with Crippen molar-refractivity contribution in [2.75, 3.05) is 11.9 Å². The van der Waals surface area contributed by atoms with E-state index in [2.05, 4.69) is 11.4 Å². The van der Waals surface area contributed by atoms with Crippen LogP contribution >= 0.6 is 22.9 Å². The third-order valence-corrected chi connectivity index (χ3v) is 5.53. The molecule has 0 spiro atoms. The molecule has 27 heavy (non-hydrogen) atoms. The van der Waals surface area contributed by atoms with Crippen LogP contribution in [0.3, 0.4) is 0 Å². The molecule has 1 aromatic carbocycles. The van der Waals surface area contributed by atoms with E-state index in [1.165, 1.54) is 23.5 Å². The SMILES string of the molecule is N#Cc1c(NC(=O)COC(=O)c2ccc(Cl)c([N+](=O)[O-])c2)sc2c1CCC2.